The van der Waals surface area contributed by atoms with Gasteiger partial charge in [0.1, 0.15) is 10.5 Å². The van der Waals surface area contributed by atoms with Crippen molar-refractivity contribution in [2.24, 2.45) is 0 Å². The number of aromatic nitrogens is 1. The van der Waals surface area contributed by atoms with E-state index in [1.807, 2.05) is 0 Å². The van der Waals surface area contributed by atoms with Crippen molar-refractivity contribution in [3.8, 4) is 0 Å². The maximum atomic E-state index is 14.1. The van der Waals surface area contributed by atoms with Gasteiger partial charge >= 0.3 is 12.3 Å². The molecule has 3 aromatic rings. The fraction of sp³-hybridized carbons (Fsp3) is 0.423. The molecule has 0 atom stereocenters. The molecule has 1 aliphatic rings. The molecule has 0 radical (unpaired) electrons. The molecule has 1 fully saturated rings. The Kier molecular flexibility index (Phi) is 7.58. The van der Waals surface area contributed by atoms with Gasteiger partial charge in [0, 0.05) is 42.0 Å². The van der Waals surface area contributed by atoms with Crippen molar-refractivity contribution in [1.82, 2.24) is 8.87 Å². The average Bonchev–Trinajstić information content (AvgIpc) is 3.25. The van der Waals surface area contributed by atoms with Crippen molar-refractivity contribution >= 4 is 32.7 Å². The predicted octanol–water partition coefficient (Wildman–Crippen LogP) is 6.65. The van der Waals surface area contributed by atoms with Crippen LogP contribution in [0, 0.1) is 0 Å². The lowest BCUT2D eigenvalue weighted by Crippen LogP contribution is -2.44. The summed E-state index contributed by atoms with van der Waals surface area (Å²) in [6.07, 6.45) is -6.91. The summed E-state index contributed by atoms with van der Waals surface area (Å²) in [6, 6.07) is 7.60. The topological polar surface area (TPSA) is 80.6 Å². The van der Waals surface area contributed by atoms with Crippen LogP contribution in [0.15, 0.2) is 53.6 Å². The average molecular weight is 574 g/mol. The number of likely N-dealkylation sites (tertiary alicyclic amines) is 1. The molecule has 1 amide bonds. The van der Waals surface area contributed by atoms with E-state index < -0.39 is 50.3 Å². The van der Waals surface area contributed by atoms with Crippen LogP contribution < -0.4 is 5.32 Å². The van der Waals surface area contributed by atoms with Gasteiger partial charge in [0.25, 0.3) is 16.4 Å². The van der Waals surface area contributed by atoms with Crippen molar-refractivity contribution in [2.45, 2.75) is 62.8 Å². The Labute approximate surface area is 222 Å². The number of nitrogens with zero attached hydrogens (tertiary/aromatic N) is 2. The highest BCUT2D eigenvalue weighted by Gasteiger charge is 2.38. The first-order chi connectivity index (χ1) is 18.1. The summed E-state index contributed by atoms with van der Waals surface area (Å²) >= 11 is 0. The molecule has 0 bridgehead atoms. The number of benzene rings is 2. The summed E-state index contributed by atoms with van der Waals surface area (Å²) in [6.45, 7) is 5.99. The largest absolute Gasteiger partial charge is 0.444 e. The third kappa shape index (κ3) is 5.97. The van der Waals surface area contributed by atoms with E-state index in [4.69, 9.17) is 4.74 Å². The van der Waals surface area contributed by atoms with E-state index in [1.54, 1.807) is 25.7 Å². The number of fused-ring (bicyclic) bond motifs is 1. The van der Waals surface area contributed by atoms with E-state index in [0.717, 1.165) is 18.2 Å². The van der Waals surface area contributed by atoms with Crippen molar-refractivity contribution in [3.63, 3.8) is 0 Å². The van der Waals surface area contributed by atoms with Gasteiger partial charge in [0.2, 0.25) is 0 Å². The second kappa shape index (κ2) is 10.3. The van der Waals surface area contributed by atoms with Gasteiger partial charge in [-0.2, -0.15) is 13.2 Å². The van der Waals surface area contributed by atoms with Gasteiger partial charge in [0.15, 0.2) is 0 Å². The molecule has 2 aromatic carbocycles. The Hall–Kier alpha value is -3.35. The van der Waals surface area contributed by atoms with Crippen molar-refractivity contribution in [3.05, 3.63) is 59.8 Å². The predicted molar refractivity (Wildman–Crippen MR) is 135 cm³/mol. The highest BCUT2D eigenvalue weighted by atomic mass is 32.2. The lowest BCUT2D eigenvalue weighted by molar-refractivity contribution is -0.139. The van der Waals surface area contributed by atoms with Crippen LogP contribution in [0.3, 0.4) is 0 Å². The Morgan fingerprint density at radius 1 is 1.03 bits per heavy atom. The van der Waals surface area contributed by atoms with Crippen LogP contribution in [-0.2, 0) is 20.9 Å². The fourth-order valence-corrected chi connectivity index (χ4v) is 6.14. The maximum absolute atomic E-state index is 14.1. The molecule has 0 unspecified atom stereocenters. The molecule has 212 valence electrons. The van der Waals surface area contributed by atoms with E-state index in [1.165, 1.54) is 18.2 Å². The number of carbonyl (C=O) groups excluding carboxylic acids is 1. The fourth-order valence-electron chi connectivity index (χ4n) is 4.56. The minimum absolute atomic E-state index is 0.102. The highest BCUT2D eigenvalue weighted by molar-refractivity contribution is 7.90. The first-order valence-electron chi connectivity index (χ1n) is 12.2. The van der Waals surface area contributed by atoms with Gasteiger partial charge in [-0.15, -0.1) is 0 Å². The molecule has 7 nitrogen and oxygen atoms in total. The van der Waals surface area contributed by atoms with Crippen molar-refractivity contribution < 1.29 is 39.9 Å². The van der Waals surface area contributed by atoms with Crippen LogP contribution in [0.2, 0.25) is 0 Å². The van der Waals surface area contributed by atoms with Crippen molar-refractivity contribution in [2.75, 3.05) is 18.4 Å². The zero-order valence-electron chi connectivity index (χ0n) is 21.4. The summed E-state index contributed by atoms with van der Waals surface area (Å²) in [4.78, 5) is 12.9. The molecular formula is C26H28F5N3O4S. The van der Waals surface area contributed by atoms with E-state index in [2.05, 4.69) is 5.32 Å². The highest BCUT2D eigenvalue weighted by Crippen LogP contribution is 2.40. The first kappa shape index (κ1) is 28.7. The third-order valence-corrected chi connectivity index (χ3v) is 8.03. The second-order valence-electron chi connectivity index (χ2n) is 10.3. The first-order valence-corrected chi connectivity index (χ1v) is 13.6. The van der Waals surface area contributed by atoms with Crippen LogP contribution in [0.4, 0.5) is 32.4 Å². The van der Waals surface area contributed by atoms with E-state index in [0.29, 0.717) is 42.2 Å². The van der Waals surface area contributed by atoms with Gasteiger partial charge < -0.3 is 15.0 Å². The summed E-state index contributed by atoms with van der Waals surface area (Å²) in [5.74, 6) is 0. The van der Waals surface area contributed by atoms with Crippen LogP contribution in [-0.4, -0.2) is 48.1 Å². The number of alkyl halides is 5. The molecule has 1 saturated heterocycles. The zero-order chi connectivity index (χ0) is 28.8. The molecular weight excluding hydrogens is 545 g/mol. The lowest BCUT2D eigenvalue weighted by Gasteiger charge is -2.34. The third-order valence-electron chi connectivity index (χ3n) is 6.30. The molecule has 2 heterocycles. The van der Waals surface area contributed by atoms with E-state index >= 15 is 0 Å². The Morgan fingerprint density at radius 2 is 1.67 bits per heavy atom. The van der Waals surface area contributed by atoms with Gasteiger partial charge in [-0.1, -0.05) is 18.2 Å². The number of halogens is 5. The second-order valence-corrected chi connectivity index (χ2v) is 12.0. The Bertz CT molecular complexity index is 1470. The molecule has 0 aliphatic carbocycles. The van der Waals surface area contributed by atoms with Crippen LogP contribution in [0.25, 0.3) is 10.9 Å². The number of nitrogens with one attached hydrogen (secondary N) is 1. The van der Waals surface area contributed by atoms with Gasteiger partial charge in [-0.25, -0.2) is 26.0 Å². The molecule has 1 aliphatic heterocycles. The van der Waals surface area contributed by atoms with Crippen LogP contribution in [0.1, 0.15) is 51.2 Å². The van der Waals surface area contributed by atoms with Gasteiger partial charge in [0.05, 0.1) is 11.1 Å². The molecule has 13 heteroatoms. The number of piperidine rings is 1. The lowest BCUT2D eigenvalue weighted by atomic mass is 10.0. The molecule has 1 N–H and O–H groups in total. The number of hydrogen-bond acceptors (Lipinski definition) is 5. The minimum atomic E-state index is -4.97. The van der Waals surface area contributed by atoms with Crippen LogP contribution in [0.5, 0.6) is 0 Å². The van der Waals surface area contributed by atoms with E-state index in [-0.39, 0.29) is 22.6 Å². The zero-order valence-corrected chi connectivity index (χ0v) is 22.2. The summed E-state index contributed by atoms with van der Waals surface area (Å²) < 4.78 is 102. The van der Waals surface area contributed by atoms with E-state index in [9.17, 15) is 35.2 Å². The summed E-state index contributed by atoms with van der Waals surface area (Å²) in [5.41, 5.74) is -2.64. The number of amides is 1. The molecule has 4 rings (SSSR count). The standard InChI is InChI=1S/C26H28F5N3O4S/c1-25(2,3)38-24(35)33-13-11-16(12-14-33)32-19-8-6-9-20-22(19)17(23(27)28)15-34(20)39(36,37)21-10-5-4-7-18(21)26(29,30)31/h4-10,15-16,23,32H,11-14H2,1-3H3. The minimum Gasteiger partial charge on any atom is -0.444 e. The SMILES string of the molecule is CC(C)(C)OC(=O)N1CCC(Nc2cccc3c2c(C(F)F)cn3S(=O)(=O)c2ccccc2C(F)(F)F)CC1. The monoisotopic (exact) mass is 573 g/mol. The molecule has 1 aromatic heterocycles. The van der Waals surface area contributed by atoms with Gasteiger partial charge in [-0.3, -0.25) is 0 Å². The van der Waals surface area contributed by atoms with Crippen molar-refractivity contribution in [1.29, 1.82) is 0 Å². The smallest absolute Gasteiger partial charge is 0.417 e. The molecule has 0 spiro atoms. The normalized spacial score (nSPS) is 15.7. The number of ether oxygens (including phenoxy) is 1. The molecule has 39 heavy (non-hydrogen) atoms. The Balaban J connectivity index is 1.68. The number of anilines is 1. The quantitative estimate of drug-likeness (QED) is 0.346. The number of hydrogen-bond donors (Lipinski definition) is 1. The van der Waals surface area contributed by atoms with Crippen LogP contribution >= 0.6 is 0 Å². The molecule has 0 saturated carbocycles. The summed E-state index contributed by atoms with van der Waals surface area (Å²) in [7, 11) is -4.90. The number of carbonyl (C=O) groups is 1. The Morgan fingerprint density at radius 3 is 2.26 bits per heavy atom. The van der Waals surface area contributed by atoms with Gasteiger partial charge in [-0.05, 0) is 57.9 Å². The summed E-state index contributed by atoms with van der Waals surface area (Å²) in [5, 5.41) is 3.07. The maximum Gasteiger partial charge on any atom is 0.417 e. The number of rotatable bonds is 5.